The third-order valence-electron chi connectivity index (χ3n) is 3.90. The molecule has 2 aliphatic rings. The van der Waals surface area contributed by atoms with E-state index in [0.717, 1.165) is 5.39 Å². The fourth-order valence-electron chi connectivity index (χ4n) is 2.76. The molecule has 0 bridgehead atoms. The summed E-state index contributed by atoms with van der Waals surface area (Å²) in [4.78, 5) is 0. The lowest BCUT2D eigenvalue weighted by molar-refractivity contribution is 0.454. The van der Waals surface area contributed by atoms with Gasteiger partial charge in [-0.2, -0.15) is 21.0 Å². The maximum Gasteiger partial charge on any atom is 0.226 e. The van der Waals surface area contributed by atoms with Crippen LogP contribution in [0.5, 0.6) is 11.5 Å². The molecule has 8 nitrogen and oxygen atoms in total. The van der Waals surface area contributed by atoms with Crippen LogP contribution >= 0.6 is 0 Å². The summed E-state index contributed by atoms with van der Waals surface area (Å²) in [6.45, 7) is 0. The zero-order valence-corrected chi connectivity index (χ0v) is 12.9. The number of allylic oxidation sites excluding steroid dienone is 2. The summed E-state index contributed by atoms with van der Waals surface area (Å²) in [5.74, 6) is 0.960. The molecule has 2 heterocycles. The topological polar surface area (TPSA) is 138 Å². The largest absolute Gasteiger partial charge is 0.437 e. The summed E-state index contributed by atoms with van der Waals surface area (Å²) in [6, 6.07) is 14.2. The van der Waals surface area contributed by atoms with E-state index in [1.807, 2.05) is 6.07 Å². The molecular formula is C18H6N6O2. The number of hydrogen-bond acceptors (Lipinski definition) is 8. The Morgan fingerprint density at radius 2 is 1.38 bits per heavy atom. The van der Waals surface area contributed by atoms with Gasteiger partial charge in [0.25, 0.3) is 0 Å². The molecule has 0 aromatic heterocycles. The van der Waals surface area contributed by atoms with E-state index in [0.29, 0.717) is 28.3 Å². The molecule has 0 unspecified atom stereocenters. The van der Waals surface area contributed by atoms with Crippen molar-refractivity contribution in [3.8, 4) is 35.8 Å². The van der Waals surface area contributed by atoms with Gasteiger partial charge in [0.2, 0.25) is 11.8 Å². The van der Waals surface area contributed by atoms with Crippen molar-refractivity contribution in [2.24, 2.45) is 0 Å². The second-order valence-corrected chi connectivity index (χ2v) is 5.29. The summed E-state index contributed by atoms with van der Waals surface area (Å²) >= 11 is 0. The zero-order valence-electron chi connectivity index (χ0n) is 12.9. The minimum absolute atomic E-state index is 0.0477. The Morgan fingerprint density at radius 3 is 2.04 bits per heavy atom. The fraction of sp³-hybridized carbons (Fsp3) is 0. The van der Waals surface area contributed by atoms with E-state index in [1.54, 1.807) is 42.5 Å². The lowest BCUT2D eigenvalue weighted by Crippen LogP contribution is -2.01. The molecule has 26 heavy (non-hydrogen) atoms. The molecule has 0 saturated heterocycles. The van der Waals surface area contributed by atoms with Crippen molar-refractivity contribution in [1.82, 2.24) is 0 Å². The van der Waals surface area contributed by atoms with E-state index >= 15 is 0 Å². The highest BCUT2D eigenvalue weighted by atomic mass is 16.5. The molecule has 0 amide bonds. The van der Waals surface area contributed by atoms with E-state index in [1.165, 1.54) is 0 Å². The van der Waals surface area contributed by atoms with Gasteiger partial charge >= 0.3 is 0 Å². The summed E-state index contributed by atoms with van der Waals surface area (Å²) in [6.07, 6.45) is 0. The Labute approximate surface area is 147 Å². The van der Waals surface area contributed by atoms with Crippen molar-refractivity contribution in [1.29, 1.82) is 21.0 Å². The number of rotatable bonds is 0. The van der Waals surface area contributed by atoms with Gasteiger partial charge in [-0.1, -0.05) is 12.1 Å². The monoisotopic (exact) mass is 338 g/mol. The average Bonchev–Trinajstić information content (AvgIpc) is 3.27. The van der Waals surface area contributed by atoms with Gasteiger partial charge in [-0.3, -0.25) is 0 Å². The van der Waals surface area contributed by atoms with E-state index in [4.69, 9.17) is 30.5 Å². The first-order valence-corrected chi connectivity index (χ1v) is 7.28. The van der Waals surface area contributed by atoms with E-state index in [2.05, 4.69) is 10.6 Å². The quantitative estimate of drug-likeness (QED) is 0.699. The first-order valence-electron chi connectivity index (χ1n) is 7.28. The van der Waals surface area contributed by atoms with Crippen molar-refractivity contribution in [2.45, 2.75) is 0 Å². The second-order valence-electron chi connectivity index (χ2n) is 5.29. The number of anilines is 2. The Hall–Kier alpha value is -4.66. The molecule has 0 aliphatic carbocycles. The number of fused-ring (bicyclic) bond motifs is 5. The Bertz CT molecular complexity index is 1100. The van der Waals surface area contributed by atoms with Gasteiger partial charge < -0.3 is 20.1 Å². The minimum Gasteiger partial charge on any atom is -0.437 e. The number of nitriles is 4. The third-order valence-corrected chi connectivity index (χ3v) is 3.90. The lowest BCUT2D eigenvalue weighted by Gasteiger charge is -2.07. The Morgan fingerprint density at radius 1 is 0.769 bits per heavy atom. The van der Waals surface area contributed by atoms with Crippen molar-refractivity contribution in [2.75, 3.05) is 10.6 Å². The van der Waals surface area contributed by atoms with Gasteiger partial charge in [0.05, 0.1) is 16.8 Å². The number of ether oxygens (including phenoxy) is 2. The fourth-order valence-corrected chi connectivity index (χ4v) is 2.76. The van der Waals surface area contributed by atoms with Crippen molar-refractivity contribution in [3.05, 3.63) is 47.2 Å². The van der Waals surface area contributed by atoms with Crippen molar-refractivity contribution >= 4 is 22.1 Å². The predicted molar refractivity (Wildman–Crippen MR) is 89.0 cm³/mol. The molecule has 4 rings (SSSR count). The summed E-state index contributed by atoms with van der Waals surface area (Å²) < 4.78 is 11.3. The number of nitrogens with one attached hydrogen (secondary N) is 2. The average molecular weight is 338 g/mol. The van der Waals surface area contributed by atoms with Gasteiger partial charge in [0.15, 0.2) is 22.6 Å². The van der Waals surface area contributed by atoms with Gasteiger partial charge in [0.1, 0.15) is 24.3 Å². The molecule has 0 fully saturated rings. The second kappa shape index (κ2) is 5.46. The van der Waals surface area contributed by atoms with Crippen LogP contribution in [0.3, 0.4) is 0 Å². The summed E-state index contributed by atoms with van der Waals surface area (Å²) in [7, 11) is 0. The SMILES string of the molecule is N#CC(C#N)=C1Nc2c(ccc3ccc4c(c23)OC(=C(C#N)C#N)N4)O1. The molecule has 0 spiro atoms. The van der Waals surface area contributed by atoms with E-state index in [-0.39, 0.29) is 22.9 Å². The zero-order chi connectivity index (χ0) is 18.3. The molecule has 8 heteroatoms. The molecule has 0 saturated carbocycles. The summed E-state index contributed by atoms with van der Waals surface area (Å²) in [5.41, 5.74) is 0.764. The normalized spacial score (nSPS) is 12.8. The molecule has 2 aromatic carbocycles. The first-order chi connectivity index (χ1) is 12.7. The molecule has 2 aliphatic heterocycles. The minimum atomic E-state index is -0.183. The van der Waals surface area contributed by atoms with E-state index in [9.17, 15) is 0 Å². The van der Waals surface area contributed by atoms with Crippen LogP contribution in [0.15, 0.2) is 47.2 Å². The maximum absolute atomic E-state index is 9.03. The predicted octanol–water partition coefficient (Wildman–Crippen LogP) is 2.97. The first kappa shape index (κ1) is 14.9. The van der Waals surface area contributed by atoms with Crippen LogP contribution in [0.1, 0.15) is 0 Å². The van der Waals surface area contributed by atoms with Crippen LogP contribution in [0, 0.1) is 45.3 Å². The highest BCUT2D eigenvalue weighted by Gasteiger charge is 2.29. The van der Waals surface area contributed by atoms with Crippen LogP contribution in [0.2, 0.25) is 0 Å². The number of hydrogen-bond donors (Lipinski definition) is 2. The Kier molecular flexibility index (Phi) is 3.13. The molecule has 0 radical (unpaired) electrons. The van der Waals surface area contributed by atoms with Crippen molar-refractivity contribution in [3.63, 3.8) is 0 Å². The highest BCUT2D eigenvalue weighted by Crippen LogP contribution is 2.49. The van der Waals surface area contributed by atoms with Gasteiger partial charge in [-0.15, -0.1) is 0 Å². The highest BCUT2D eigenvalue weighted by molar-refractivity contribution is 6.06. The maximum atomic E-state index is 9.03. The van der Waals surface area contributed by atoms with Gasteiger partial charge in [-0.05, 0) is 17.5 Å². The molecule has 2 aromatic rings. The van der Waals surface area contributed by atoms with Gasteiger partial charge in [0, 0.05) is 0 Å². The van der Waals surface area contributed by atoms with Crippen molar-refractivity contribution < 1.29 is 9.47 Å². The van der Waals surface area contributed by atoms with Crippen LogP contribution in [0.4, 0.5) is 11.4 Å². The third kappa shape index (κ3) is 1.98. The number of nitrogens with zero attached hydrogens (tertiary/aromatic N) is 4. The van der Waals surface area contributed by atoms with Crippen LogP contribution in [0.25, 0.3) is 10.8 Å². The van der Waals surface area contributed by atoms with Crippen LogP contribution in [-0.2, 0) is 0 Å². The molecular weight excluding hydrogens is 332 g/mol. The van der Waals surface area contributed by atoms with E-state index < -0.39 is 0 Å². The number of benzene rings is 2. The summed E-state index contributed by atoms with van der Waals surface area (Å²) in [5, 5.41) is 43.4. The van der Waals surface area contributed by atoms with Crippen LogP contribution in [-0.4, -0.2) is 0 Å². The lowest BCUT2D eigenvalue weighted by atomic mass is 10.1. The molecule has 120 valence electrons. The van der Waals surface area contributed by atoms with Crippen LogP contribution < -0.4 is 20.1 Å². The smallest absolute Gasteiger partial charge is 0.226 e. The van der Waals surface area contributed by atoms with Gasteiger partial charge in [-0.25, -0.2) is 0 Å². The Balaban J connectivity index is 1.93. The molecule has 0 atom stereocenters. The standard InChI is InChI=1S/C18H6N6O2/c19-5-10(6-20)17-23-12-3-1-9-2-4-13-15(14(9)16(12)26-17)24-18(25-13)11(7-21)8-22/h1-4,23-24H. The molecule has 2 N–H and O–H groups in total.